The fourth-order valence-electron chi connectivity index (χ4n) is 4.23. The van der Waals surface area contributed by atoms with E-state index >= 15 is 0 Å². The normalized spacial score (nSPS) is 25.0. The maximum absolute atomic E-state index is 12.9. The van der Waals surface area contributed by atoms with Crippen molar-refractivity contribution in [1.82, 2.24) is 0 Å². The van der Waals surface area contributed by atoms with Crippen LogP contribution in [-0.4, -0.2) is 5.78 Å². The molecule has 2 aromatic carbocycles. The van der Waals surface area contributed by atoms with Gasteiger partial charge in [-0.3, -0.25) is 4.79 Å². The van der Waals surface area contributed by atoms with Gasteiger partial charge < -0.3 is 0 Å². The zero-order valence-corrected chi connectivity index (χ0v) is 12.4. The molecule has 0 saturated carbocycles. The molecule has 0 N–H and O–H groups in total. The summed E-state index contributed by atoms with van der Waals surface area (Å²) in [6.45, 7) is 4.49. The van der Waals surface area contributed by atoms with E-state index in [2.05, 4.69) is 50.2 Å². The Morgan fingerprint density at radius 2 is 1.43 bits per heavy atom. The van der Waals surface area contributed by atoms with Crippen molar-refractivity contribution >= 4 is 11.9 Å². The summed E-state index contributed by atoms with van der Waals surface area (Å²) in [5.74, 6) is 0.222. The number of carbonyl (C=O) groups is 1. The Kier molecular flexibility index (Phi) is 2.36. The molecule has 104 valence electrons. The zero-order chi connectivity index (χ0) is 14.7. The third-order valence-electron chi connectivity index (χ3n) is 5.08. The maximum atomic E-state index is 12.9. The van der Waals surface area contributed by atoms with Gasteiger partial charge in [0.15, 0.2) is 5.78 Å². The molecule has 0 saturated heterocycles. The van der Waals surface area contributed by atoms with Crippen LogP contribution in [0.1, 0.15) is 42.5 Å². The summed E-state index contributed by atoms with van der Waals surface area (Å²) in [5, 5.41) is 0. The van der Waals surface area contributed by atoms with Gasteiger partial charge in [0, 0.05) is 0 Å². The second kappa shape index (κ2) is 3.94. The average molecular weight is 274 g/mol. The van der Waals surface area contributed by atoms with Crippen molar-refractivity contribution in [3.8, 4) is 0 Å². The average Bonchev–Trinajstić information content (AvgIpc) is 2.74. The standard InChI is InChI=1S/C20H18O/c1-19(2)13-20(17-10-6-5-9-16(17)19)15-8-4-3-7-14(15)11-12-18(20)21/h3-12H,13H2,1-2H3. The molecule has 0 bridgehead atoms. The van der Waals surface area contributed by atoms with Crippen molar-refractivity contribution in [3.63, 3.8) is 0 Å². The molecular formula is C20H18O. The first-order valence-electron chi connectivity index (χ1n) is 7.48. The molecule has 21 heavy (non-hydrogen) atoms. The minimum absolute atomic E-state index is 0.0184. The number of allylic oxidation sites excluding steroid dienone is 1. The molecule has 0 radical (unpaired) electrons. The maximum Gasteiger partial charge on any atom is 0.170 e. The molecular weight excluding hydrogens is 256 g/mol. The molecule has 1 unspecified atom stereocenters. The molecule has 1 spiro atoms. The molecule has 1 nitrogen and oxygen atoms in total. The lowest BCUT2D eigenvalue weighted by Gasteiger charge is -2.34. The number of hydrogen-bond donors (Lipinski definition) is 0. The highest BCUT2D eigenvalue weighted by molar-refractivity contribution is 6.08. The number of hydrogen-bond acceptors (Lipinski definition) is 1. The van der Waals surface area contributed by atoms with E-state index < -0.39 is 5.41 Å². The number of benzene rings is 2. The summed E-state index contributed by atoms with van der Waals surface area (Å²) in [7, 11) is 0. The SMILES string of the molecule is CC1(C)CC2(C(=O)C=Cc3ccccc32)c2ccccc21. The number of ketones is 1. The van der Waals surface area contributed by atoms with E-state index in [-0.39, 0.29) is 11.2 Å². The quantitative estimate of drug-likeness (QED) is 0.702. The van der Waals surface area contributed by atoms with Crippen molar-refractivity contribution in [2.24, 2.45) is 0 Å². The fourth-order valence-corrected chi connectivity index (χ4v) is 4.23. The second-order valence-corrected chi connectivity index (χ2v) is 6.80. The summed E-state index contributed by atoms with van der Waals surface area (Å²) in [4.78, 5) is 12.9. The van der Waals surface area contributed by atoms with Crippen LogP contribution >= 0.6 is 0 Å². The molecule has 0 aromatic heterocycles. The molecule has 1 atom stereocenters. The summed E-state index contributed by atoms with van der Waals surface area (Å²) in [6, 6.07) is 16.8. The van der Waals surface area contributed by atoms with Gasteiger partial charge in [-0.25, -0.2) is 0 Å². The summed E-state index contributed by atoms with van der Waals surface area (Å²) < 4.78 is 0. The van der Waals surface area contributed by atoms with Gasteiger partial charge in [0.05, 0.1) is 5.41 Å². The Morgan fingerprint density at radius 1 is 0.810 bits per heavy atom. The Balaban J connectivity index is 2.09. The Hall–Kier alpha value is -2.15. The van der Waals surface area contributed by atoms with Crippen LogP contribution in [0.25, 0.3) is 6.08 Å². The predicted molar refractivity (Wildman–Crippen MR) is 85.3 cm³/mol. The van der Waals surface area contributed by atoms with Gasteiger partial charge in [0.2, 0.25) is 0 Å². The van der Waals surface area contributed by atoms with Crippen LogP contribution < -0.4 is 0 Å². The van der Waals surface area contributed by atoms with Gasteiger partial charge in [-0.2, -0.15) is 0 Å². The van der Waals surface area contributed by atoms with Crippen LogP contribution in [-0.2, 0) is 15.6 Å². The lowest BCUT2D eigenvalue weighted by Crippen LogP contribution is -2.37. The molecule has 1 heteroatoms. The van der Waals surface area contributed by atoms with Gasteiger partial charge >= 0.3 is 0 Å². The van der Waals surface area contributed by atoms with Crippen LogP contribution in [0.2, 0.25) is 0 Å². The van der Waals surface area contributed by atoms with E-state index in [1.165, 1.54) is 16.7 Å². The second-order valence-electron chi connectivity index (χ2n) is 6.80. The lowest BCUT2D eigenvalue weighted by molar-refractivity contribution is -0.118. The van der Waals surface area contributed by atoms with Gasteiger partial charge in [0.25, 0.3) is 0 Å². The summed E-state index contributed by atoms with van der Waals surface area (Å²) >= 11 is 0. The molecule has 0 aliphatic heterocycles. The Bertz CT molecular complexity index is 782. The van der Waals surface area contributed by atoms with Crippen LogP contribution in [0.3, 0.4) is 0 Å². The van der Waals surface area contributed by atoms with Crippen LogP contribution in [0.15, 0.2) is 54.6 Å². The Morgan fingerprint density at radius 3 is 2.19 bits per heavy atom. The van der Waals surface area contributed by atoms with E-state index in [0.717, 1.165) is 12.0 Å². The van der Waals surface area contributed by atoms with Gasteiger partial charge in [-0.1, -0.05) is 68.5 Å². The number of carbonyl (C=O) groups excluding carboxylic acids is 1. The van der Waals surface area contributed by atoms with Crippen molar-refractivity contribution < 1.29 is 4.79 Å². The van der Waals surface area contributed by atoms with Crippen molar-refractivity contribution in [1.29, 1.82) is 0 Å². The minimum atomic E-state index is -0.495. The zero-order valence-electron chi connectivity index (χ0n) is 12.4. The first kappa shape index (κ1) is 12.6. The van der Waals surface area contributed by atoms with E-state index in [0.29, 0.717) is 0 Å². The topological polar surface area (TPSA) is 17.1 Å². The summed E-state index contributed by atoms with van der Waals surface area (Å²) in [6.07, 6.45) is 4.57. The van der Waals surface area contributed by atoms with E-state index in [4.69, 9.17) is 0 Å². The van der Waals surface area contributed by atoms with E-state index in [1.54, 1.807) is 6.08 Å². The van der Waals surface area contributed by atoms with Gasteiger partial charge in [-0.15, -0.1) is 0 Å². The third kappa shape index (κ3) is 1.49. The fraction of sp³-hybridized carbons (Fsp3) is 0.250. The molecule has 2 aromatic rings. The van der Waals surface area contributed by atoms with Crippen LogP contribution in [0.5, 0.6) is 0 Å². The van der Waals surface area contributed by atoms with Crippen LogP contribution in [0.4, 0.5) is 0 Å². The van der Waals surface area contributed by atoms with Gasteiger partial charge in [0.1, 0.15) is 0 Å². The molecule has 2 aliphatic rings. The highest BCUT2D eigenvalue weighted by atomic mass is 16.1. The number of fused-ring (bicyclic) bond motifs is 4. The molecule has 2 aliphatic carbocycles. The number of rotatable bonds is 0. The van der Waals surface area contributed by atoms with Crippen molar-refractivity contribution in [3.05, 3.63) is 76.9 Å². The van der Waals surface area contributed by atoms with E-state index in [1.807, 2.05) is 18.2 Å². The van der Waals surface area contributed by atoms with E-state index in [9.17, 15) is 4.79 Å². The van der Waals surface area contributed by atoms with Crippen molar-refractivity contribution in [2.45, 2.75) is 31.1 Å². The third-order valence-corrected chi connectivity index (χ3v) is 5.08. The first-order chi connectivity index (χ1) is 10.1. The van der Waals surface area contributed by atoms with Crippen LogP contribution in [0, 0.1) is 0 Å². The first-order valence-corrected chi connectivity index (χ1v) is 7.48. The predicted octanol–water partition coefficient (Wildman–Crippen LogP) is 4.25. The monoisotopic (exact) mass is 274 g/mol. The summed E-state index contributed by atoms with van der Waals surface area (Å²) in [5.41, 5.74) is 4.36. The smallest absolute Gasteiger partial charge is 0.170 e. The molecule has 0 heterocycles. The highest BCUT2D eigenvalue weighted by Crippen LogP contribution is 2.55. The van der Waals surface area contributed by atoms with Crippen molar-refractivity contribution in [2.75, 3.05) is 0 Å². The molecule has 0 fully saturated rings. The lowest BCUT2D eigenvalue weighted by atomic mass is 9.67. The Labute approximate surface area is 125 Å². The largest absolute Gasteiger partial charge is 0.293 e. The molecule has 0 amide bonds. The minimum Gasteiger partial charge on any atom is -0.293 e. The van der Waals surface area contributed by atoms with Gasteiger partial charge in [-0.05, 0) is 40.2 Å². The highest BCUT2D eigenvalue weighted by Gasteiger charge is 2.53. The molecule has 4 rings (SSSR count).